The number of nitrogens with zero attached hydrogens (tertiary/aromatic N) is 2. The van der Waals surface area contributed by atoms with Crippen molar-refractivity contribution in [3.63, 3.8) is 0 Å². The van der Waals surface area contributed by atoms with Gasteiger partial charge < -0.3 is 15.5 Å². The maximum Gasteiger partial charge on any atom is 0.255 e. The average molecular weight is 235 g/mol. The van der Waals surface area contributed by atoms with Crippen LogP contribution in [-0.2, 0) is 0 Å². The van der Waals surface area contributed by atoms with Gasteiger partial charge in [0.25, 0.3) is 5.91 Å². The van der Waals surface area contributed by atoms with E-state index in [0.29, 0.717) is 17.8 Å². The smallest absolute Gasteiger partial charge is 0.255 e. The van der Waals surface area contributed by atoms with Crippen LogP contribution in [0.4, 0.5) is 5.69 Å². The van der Waals surface area contributed by atoms with Crippen molar-refractivity contribution in [2.24, 2.45) is 0 Å². The topological polar surface area (TPSA) is 49.6 Å². The van der Waals surface area contributed by atoms with E-state index in [0.717, 1.165) is 12.1 Å². The summed E-state index contributed by atoms with van der Waals surface area (Å²) in [5.41, 5.74) is 7.95. The van der Waals surface area contributed by atoms with Crippen LogP contribution < -0.4 is 5.73 Å². The van der Waals surface area contributed by atoms with Gasteiger partial charge in [0, 0.05) is 25.8 Å². The standard InChI is InChI=1S/C13H21N3O/c1-10-6-5-7-11(14)12(10)13(17)16(4)9-8-15(2)3/h5-7H,8-9,14H2,1-4H3. The second-order valence-electron chi connectivity index (χ2n) is 4.57. The number of amides is 1. The van der Waals surface area contributed by atoms with Gasteiger partial charge in [0.2, 0.25) is 0 Å². The number of carbonyl (C=O) groups excluding carboxylic acids is 1. The van der Waals surface area contributed by atoms with E-state index in [2.05, 4.69) is 0 Å². The van der Waals surface area contributed by atoms with Crippen LogP contribution in [0.15, 0.2) is 18.2 Å². The SMILES string of the molecule is Cc1cccc(N)c1C(=O)N(C)CCN(C)C. The van der Waals surface area contributed by atoms with Gasteiger partial charge in [0.05, 0.1) is 5.56 Å². The van der Waals surface area contributed by atoms with Gasteiger partial charge in [-0.25, -0.2) is 0 Å². The van der Waals surface area contributed by atoms with Gasteiger partial charge >= 0.3 is 0 Å². The maximum atomic E-state index is 12.2. The number of carbonyl (C=O) groups is 1. The first-order valence-electron chi connectivity index (χ1n) is 5.68. The van der Waals surface area contributed by atoms with Crippen LogP contribution in [0.3, 0.4) is 0 Å². The van der Waals surface area contributed by atoms with Gasteiger partial charge in [-0.2, -0.15) is 0 Å². The van der Waals surface area contributed by atoms with Crippen LogP contribution >= 0.6 is 0 Å². The van der Waals surface area contributed by atoms with E-state index in [-0.39, 0.29) is 5.91 Å². The predicted octanol–water partition coefficient (Wildman–Crippen LogP) is 1.21. The number of rotatable bonds is 4. The molecule has 1 amide bonds. The maximum absolute atomic E-state index is 12.2. The molecule has 0 heterocycles. The van der Waals surface area contributed by atoms with E-state index < -0.39 is 0 Å². The molecule has 0 aromatic heterocycles. The fourth-order valence-corrected chi connectivity index (χ4v) is 1.63. The molecule has 0 atom stereocenters. The van der Waals surface area contributed by atoms with Crippen LogP contribution in [0.2, 0.25) is 0 Å². The number of hydrogen-bond acceptors (Lipinski definition) is 3. The second-order valence-corrected chi connectivity index (χ2v) is 4.57. The second kappa shape index (κ2) is 5.68. The summed E-state index contributed by atoms with van der Waals surface area (Å²) in [6, 6.07) is 5.53. The number of nitrogen functional groups attached to an aromatic ring is 1. The Morgan fingerprint density at radius 2 is 1.88 bits per heavy atom. The zero-order valence-electron chi connectivity index (χ0n) is 11.0. The average Bonchev–Trinajstić information content (AvgIpc) is 2.25. The molecule has 4 heteroatoms. The molecule has 0 bridgehead atoms. The lowest BCUT2D eigenvalue weighted by Crippen LogP contribution is -2.34. The summed E-state index contributed by atoms with van der Waals surface area (Å²) in [6.45, 7) is 3.44. The van der Waals surface area contributed by atoms with Crippen molar-refractivity contribution in [2.75, 3.05) is 40.0 Å². The van der Waals surface area contributed by atoms with E-state index in [9.17, 15) is 4.79 Å². The third-order valence-electron chi connectivity index (χ3n) is 2.75. The molecule has 0 radical (unpaired) electrons. The summed E-state index contributed by atoms with van der Waals surface area (Å²) in [5.74, 6) is -0.0116. The Bertz CT molecular complexity index is 381. The molecule has 1 aromatic rings. The summed E-state index contributed by atoms with van der Waals surface area (Å²) in [4.78, 5) is 16.0. The van der Waals surface area contributed by atoms with E-state index in [1.165, 1.54) is 0 Å². The minimum atomic E-state index is -0.0116. The first kappa shape index (κ1) is 13.5. The minimum Gasteiger partial charge on any atom is -0.398 e. The van der Waals surface area contributed by atoms with E-state index in [1.807, 2.05) is 38.1 Å². The molecule has 0 saturated carbocycles. The summed E-state index contributed by atoms with van der Waals surface area (Å²) < 4.78 is 0. The Balaban J connectivity index is 2.82. The third-order valence-corrected chi connectivity index (χ3v) is 2.75. The van der Waals surface area contributed by atoms with E-state index >= 15 is 0 Å². The molecular weight excluding hydrogens is 214 g/mol. The molecule has 0 aliphatic rings. The lowest BCUT2D eigenvalue weighted by Gasteiger charge is -2.21. The van der Waals surface area contributed by atoms with Crippen molar-refractivity contribution in [3.05, 3.63) is 29.3 Å². The molecular formula is C13H21N3O. The largest absolute Gasteiger partial charge is 0.398 e. The molecule has 0 unspecified atom stereocenters. The quantitative estimate of drug-likeness (QED) is 0.798. The van der Waals surface area contributed by atoms with Crippen LogP contribution in [0.25, 0.3) is 0 Å². The molecule has 0 fully saturated rings. The Morgan fingerprint density at radius 1 is 1.24 bits per heavy atom. The molecule has 17 heavy (non-hydrogen) atoms. The summed E-state index contributed by atoms with van der Waals surface area (Å²) in [5, 5.41) is 0. The first-order valence-corrected chi connectivity index (χ1v) is 5.68. The summed E-state index contributed by atoms with van der Waals surface area (Å²) in [7, 11) is 5.78. The molecule has 1 rings (SSSR count). The molecule has 94 valence electrons. The van der Waals surface area contributed by atoms with Gasteiger partial charge in [-0.15, -0.1) is 0 Å². The monoisotopic (exact) mass is 235 g/mol. The first-order chi connectivity index (χ1) is 7.93. The Labute approximate surface area is 103 Å². The van der Waals surface area contributed by atoms with Crippen LogP contribution in [-0.4, -0.2) is 49.9 Å². The minimum absolute atomic E-state index is 0.0116. The van der Waals surface area contributed by atoms with Crippen molar-refractivity contribution < 1.29 is 4.79 Å². The van der Waals surface area contributed by atoms with Crippen molar-refractivity contribution >= 4 is 11.6 Å². The number of anilines is 1. The van der Waals surface area contributed by atoms with Gasteiger partial charge in [0.1, 0.15) is 0 Å². The number of aryl methyl sites for hydroxylation is 1. The van der Waals surface area contributed by atoms with Crippen molar-refractivity contribution in [1.29, 1.82) is 0 Å². The van der Waals surface area contributed by atoms with Crippen LogP contribution in [0, 0.1) is 6.92 Å². The van der Waals surface area contributed by atoms with Crippen LogP contribution in [0.5, 0.6) is 0 Å². The molecule has 0 saturated heterocycles. The lowest BCUT2D eigenvalue weighted by molar-refractivity contribution is 0.0786. The molecule has 2 N–H and O–H groups in total. The number of nitrogens with two attached hydrogens (primary N) is 1. The number of likely N-dealkylation sites (N-methyl/N-ethyl adjacent to an activating group) is 2. The van der Waals surface area contributed by atoms with Gasteiger partial charge in [-0.1, -0.05) is 12.1 Å². The number of hydrogen-bond donors (Lipinski definition) is 1. The highest BCUT2D eigenvalue weighted by molar-refractivity contribution is 6.00. The van der Waals surface area contributed by atoms with Crippen LogP contribution in [0.1, 0.15) is 15.9 Å². The molecule has 4 nitrogen and oxygen atoms in total. The summed E-state index contributed by atoms with van der Waals surface area (Å²) in [6.07, 6.45) is 0. The molecule has 0 aliphatic heterocycles. The van der Waals surface area contributed by atoms with E-state index in [4.69, 9.17) is 5.73 Å². The summed E-state index contributed by atoms with van der Waals surface area (Å²) >= 11 is 0. The Hall–Kier alpha value is -1.55. The fourth-order valence-electron chi connectivity index (χ4n) is 1.63. The Morgan fingerprint density at radius 3 is 2.41 bits per heavy atom. The van der Waals surface area contributed by atoms with Crippen molar-refractivity contribution in [3.8, 4) is 0 Å². The molecule has 0 aliphatic carbocycles. The zero-order valence-corrected chi connectivity index (χ0v) is 11.0. The lowest BCUT2D eigenvalue weighted by atomic mass is 10.1. The van der Waals surface area contributed by atoms with Gasteiger partial charge in [0.15, 0.2) is 0 Å². The highest BCUT2D eigenvalue weighted by Gasteiger charge is 2.16. The molecule has 1 aromatic carbocycles. The predicted molar refractivity (Wildman–Crippen MR) is 71.1 cm³/mol. The van der Waals surface area contributed by atoms with E-state index in [1.54, 1.807) is 18.0 Å². The number of benzene rings is 1. The zero-order chi connectivity index (χ0) is 13.0. The van der Waals surface area contributed by atoms with Crippen molar-refractivity contribution in [2.45, 2.75) is 6.92 Å². The Kier molecular flexibility index (Phi) is 4.52. The normalized spacial score (nSPS) is 10.6. The highest BCUT2D eigenvalue weighted by Crippen LogP contribution is 2.17. The highest BCUT2D eigenvalue weighted by atomic mass is 16.2. The van der Waals surface area contributed by atoms with Crippen molar-refractivity contribution in [1.82, 2.24) is 9.80 Å². The molecule has 0 spiro atoms. The fraction of sp³-hybridized carbons (Fsp3) is 0.462. The van der Waals surface area contributed by atoms with Gasteiger partial charge in [-0.05, 0) is 32.6 Å². The van der Waals surface area contributed by atoms with Gasteiger partial charge in [-0.3, -0.25) is 4.79 Å². The third kappa shape index (κ3) is 3.46.